The second-order valence-electron chi connectivity index (χ2n) is 6.44. The predicted octanol–water partition coefficient (Wildman–Crippen LogP) is 2.36. The summed E-state index contributed by atoms with van der Waals surface area (Å²) in [4.78, 5) is 24.3. The van der Waals surface area contributed by atoms with Gasteiger partial charge in [-0.2, -0.15) is 0 Å². The third-order valence-corrected chi connectivity index (χ3v) is 2.53. The third kappa shape index (κ3) is 8.09. The minimum absolute atomic E-state index is 0.457. The zero-order valence-corrected chi connectivity index (χ0v) is 14.8. The lowest BCUT2D eigenvalue weighted by Crippen LogP contribution is -2.52. The van der Waals surface area contributed by atoms with Crippen molar-refractivity contribution in [2.75, 3.05) is 11.9 Å². The highest BCUT2D eigenvalue weighted by molar-refractivity contribution is 9.09. The summed E-state index contributed by atoms with van der Waals surface area (Å²) in [6.07, 6.45) is -0.275. The Balaban J connectivity index is 5.14. The smallest absolute Gasteiger partial charge is 0.170 e. The van der Waals surface area contributed by atoms with Crippen molar-refractivity contribution in [1.82, 2.24) is 4.90 Å². The number of hydrogen-bond acceptors (Lipinski definition) is 5. The average molecular weight is 352 g/mol. The van der Waals surface area contributed by atoms with Crippen LogP contribution in [0.15, 0.2) is 0 Å². The number of nitrogens with zero attached hydrogens (tertiary/aromatic N) is 1. The van der Waals surface area contributed by atoms with Gasteiger partial charge >= 0.3 is 0 Å². The number of rotatable bonds is 8. The maximum Gasteiger partial charge on any atom is 0.170 e. The van der Waals surface area contributed by atoms with Crippen LogP contribution in [0.25, 0.3) is 0 Å². The van der Waals surface area contributed by atoms with E-state index in [0.717, 1.165) is 0 Å². The first-order valence-electron chi connectivity index (χ1n) is 6.62. The van der Waals surface area contributed by atoms with Crippen molar-refractivity contribution in [3.8, 4) is 0 Å². The summed E-state index contributed by atoms with van der Waals surface area (Å²) in [6.45, 7) is 11.6. The number of aldehydes is 2. The van der Waals surface area contributed by atoms with Crippen molar-refractivity contribution < 1.29 is 19.1 Å². The molecule has 0 N–H and O–H groups in total. The van der Waals surface area contributed by atoms with Crippen LogP contribution < -0.4 is 0 Å². The van der Waals surface area contributed by atoms with Crippen molar-refractivity contribution in [3.05, 3.63) is 0 Å². The van der Waals surface area contributed by atoms with Crippen molar-refractivity contribution in [2.45, 2.75) is 65.2 Å². The molecule has 0 rings (SSSR count). The molecule has 0 heterocycles. The lowest BCUT2D eigenvalue weighted by atomic mass is 10.2. The second-order valence-corrected chi connectivity index (χ2v) is 7.23. The minimum Gasteiger partial charge on any atom is -0.350 e. The van der Waals surface area contributed by atoms with Crippen molar-refractivity contribution in [1.29, 1.82) is 0 Å². The molecule has 118 valence electrons. The lowest BCUT2D eigenvalue weighted by molar-refractivity contribution is -0.200. The van der Waals surface area contributed by atoms with Gasteiger partial charge in [0, 0.05) is 11.9 Å². The molecule has 0 radical (unpaired) electrons. The molecular weight excluding hydrogens is 326 g/mol. The fourth-order valence-corrected chi connectivity index (χ4v) is 1.98. The van der Waals surface area contributed by atoms with Gasteiger partial charge in [0.25, 0.3) is 0 Å². The molecule has 0 spiro atoms. The highest BCUT2D eigenvalue weighted by Gasteiger charge is 2.32. The van der Waals surface area contributed by atoms with E-state index in [2.05, 4.69) is 15.9 Å². The summed E-state index contributed by atoms with van der Waals surface area (Å²) in [6, 6.07) is 0. The Morgan fingerprint density at radius 3 is 1.50 bits per heavy atom. The SMILES string of the molecule is CC(C)(C)OC(C=O)N(CCBr)C(C=O)OC(C)(C)C. The van der Waals surface area contributed by atoms with Crippen LogP contribution in [0.5, 0.6) is 0 Å². The summed E-state index contributed by atoms with van der Waals surface area (Å²) in [7, 11) is 0. The lowest BCUT2D eigenvalue weighted by Gasteiger charge is -2.37. The number of alkyl halides is 1. The standard InChI is InChI=1S/C14H26BrNO4/c1-13(2,3)19-11(9-17)16(8-7-15)12(10-18)20-14(4,5)6/h9-12H,7-8H2,1-6H3. The molecule has 0 aliphatic rings. The number of halogens is 1. The molecule has 2 atom stereocenters. The van der Waals surface area contributed by atoms with Crippen molar-refractivity contribution in [3.63, 3.8) is 0 Å². The van der Waals surface area contributed by atoms with Gasteiger partial charge in [0.2, 0.25) is 0 Å². The first-order chi connectivity index (χ1) is 9.04. The number of carbonyl (C=O) groups excluding carboxylic acids is 2. The average Bonchev–Trinajstić information content (AvgIpc) is 2.28. The normalized spacial score (nSPS) is 16.0. The van der Waals surface area contributed by atoms with E-state index in [9.17, 15) is 9.59 Å². The van der Waals surface area contributed by atoms with Crippen LogP contribution in [0.3, 0.4) is 0 Å². The van der Waals surface area contributed by atoms with Gasteiger partial charge in [-0.1, -0.05) is 15.9 Å². The molecule has 0 saturated carbocycles. The second kappa shape index (κ2) is 8.22. The van der Waals surface area contributed by atoms with Gasteiger partial charge in [0.1, 0.15) is 0 Å². The molecular formula is C14H26BrNO4. The third-order valence-electron chi connectivity index (χ3n) is 2.18. The Labute approximate surface area is 130 Å². The van der Waals surface area contributed by atoms with Crippen LogP contribution in [-0.2, 0) is 19.1 Å². The van der Waals surface area contributed by atoms with Gasteiger partial charge in [0.15, 0.2) is 25.0 Å². The summed E-state index contributed by atoms with van der Waals surface area (Å²) in [5.41, 5.74) is -0.989. The van der Waals surface area contributed by atoms with E-state index in [1.54, 1.807) is 4.90 Å². The van der Waals surface area contributed by atoms with E-state index in [1.807, 2.05) is 41.5 Å². The number of hydrogen-bond donors (Lipinski definition) is 0. The van der Waals surface area contributed by atoms with Gasteiger partial charge in [0.05, 0.1) is 11.2 Å². The molecule has 0 aromatic rings. The Morgan fingerprint density at radius 1 is 0.950 bits per heavy atom. The monoisotopic (exact) mass is 351 g/mol. The molecule has 0 saturated heterocycles. The van der Waals surface area contributed by atoms with E-state index in [-0.39, 0.29) is 0 Å². The molecule has 0 fully saturated rings. The molecule has 0 aromatic carbocycles. The zero-order chi connectivity index (χ0) is 16.0. The molecule has 2 unspecified atom stereocenters. The Kier molecular flexibility index (Phi) is 8.09. The van der Waals surface area contributed by atoms with Crippen LogP contribution in [0.4, 0.5) is 0 Å². The van der Waals surface area contributed by atoms with Crippen LogP contribution >= 0.6 is 15.9 Å². The van der Waals surface area contributed by atoms with Gasteiger partial charge in [-0.25, -0.2) is 4.90 Å². The van der Waals surface area contributed by atoms with Gasteiger partial charge in [-0.05, 0) is 41.5 Å². The Morgan fingerprint density at radius 2 is 1.30 bits per heavy atom. The Bertz CT molecular complexity index is 281. The fraction of sp³-hybridized carbons (Fsp3) is 0.857. The van der Waals surface area contributed by atoms with E-state index in [4.69, 9.17) is 9.47 Å². The van der Waals surface area contributed by atoms with Crippen molar-refractivity contribution >= 4 is 28.5 Å². The molecule has 20 heavy (non-hydrogen) atoms. The fourth-order valence-electron chi connectivity index (χ4n) is 1.57. The molecule has 0 aliphatic carbocycles. The van der Waals surface area contributed by atoms with E-state index in [0.29, 0.717) is 24.4 Å². The topological polar surface area (TPSA) is 55.8 Å². The van der Waals surface area contributed by atoms with Crippen LogP contribution in [0.1, 0.15) is 41.5 Å². The molecule has 0 aromatic heterocycles. The quantitative estimate of drug-likeness (QED) is 0.381. The van der Waals surface area contributed by atoms with Gasteiger partial charge in [-0.3, -0.25) is 9.59 Å². The predicted molar refractivity (Wildman–Crippen MR) is 81.9 cm³/mol. The van der Waals surface area contributed by atoms with E-state index >= 15 is 0 Å². The highest BCUT2D eigenvalue weighted by atomic mass is 79.9. The number of ether oxygens (including phenoxy) is 2. The van der Waals surface area contributed by atoms with Gasteiger partial charge in [-0.15, -0.1) is 0 Å². The summed E-state index contributed by atoms with van der Waals surface area (Å²) in [5, 5.41) is 0.600. The van der Waals surface area contributed by atoms with Crippen LogP contribution in [-0.4, -0.2) is 53.0 Å². The first kappa shape index (κ1) is 19.7. The zero-order valence-electron chi connectivity index (χ0n) is 13.2. The minimum atomic E-state index is -0.829. The molecule has 6 heteroatoms. The van der Waals surface area contributed by atoms with Gasteiger partial charge < -0.3 is 9.47 Å². The highest BCUT2D eigenvalue weighted by Crippen LogP contribution is 2.18. The largest absolute Gasteiger partial charge is 0.350 e. The maximum atomic E-state index is 11.3. The van der Waals surface area contributed by atoms with E-state index < -0.39 is 23.7 Å². The molecule has 0 bridgehead atoms. The number of carbonyl (C=O) groups is 2. The van der Waals surface area contributed by atoms with Crippen LogP contribution in [0, 0.1) is 0 Å². The molecule has 5 nitrogen and oxygen atoms in total. The van der Waals surface area contributed by atoms with Crippen LogP contribution in [0.2, 0.25) is 0 Å². The summed E-state index contributed by atoms with van der Waals surface area (Å²) >= 11 is 3.32. The first-order valence-corrected chi connectivity index (χ1v) is 7.74. The molecule has 0 amide bonds. The Hall–Kier alpha value is -0.300. The summed E-state index contributed by atoms with van der Waals surface area (Å²) in [5.74, 6) is 0. The molecule has 0 aliphatic heterocycles. The van der Waals surface area contributed by atoms with E-state index in [1.165, 1.54) is 0 Å². The maximum absolute atomic E-state index is 11.3. The van der Waals surface area contributed by atoms with Crippen molar-refractivity contribution in [2.24, 2.45) is 0 Å². The summed E-state index contributed by atoms with van der Waals surface area (Å²) < 4.78 is 11.4.